The van der Waals surface area contributed by atoms with E-state index in [4.69, 9.17) is 4.74 Å². The maximum atomic E-state index is 7.15. The molecule has 3 heterocycles. The minimum Gasteiger partial charge on any atom is -0.457 e. The fraction of sp³-hybridized carbons (Fsp3) is 0.164. The van der Waals surface area contributed by atoms with E-state index >= 15 is 0 Å². The lowest BCUT2D eigenvalue weighted by atomic mass is 9.36. The van der Waals surface area contributed by atoms with E-state index in [2.05, 4.69) is 205 Å². The number of benzene rings is 8. The summed E-state index contributed by atoms with van der Waals surface area (Å²) in [6, 6.07) is 56.8. The van der Waals surface area contributed by atoms with Gasteiger partial charge in [-0.3, -0.25) is 0 Å². The van der Waals surface area contributed by atoms with Crippen LogP contribution in [0.5, 0.6) is 11.5 Å². The highest BCUT2D eigenvalue weighted by Gasteiger charge is 2.44. The number of hydrogen-bond acceptors (Lipinski definition) is 3. The highest BCUT2D eigenvalue weighted by Crippen LogP contribution is 2.49. The first kappa shape index (κ1) is 36.0. The molecule has 2 aliphatic heterocycles. The normalized spacial score (nSPS) is 13.4. The van der Waals surface area contributed by atoms with Crippen LogP contribution in [0.1, 0.15) is 58.2 Å². The third-order valence-electron chi connectivity index (χ3n) is 12.6. The van der Waals surface area contributed by atoms with Gasteiger partial charge in [0.15, 0.2) is 0 Å². The Labute approximate surface area is 351 Å². The third kappa shape index (κ3) is 5.60. The molecule has 0 fully saturated rings. The molecule has 0 unspecified atom stereocenters. The topological polar surface area (TPSA) is 12.5 Å². The van der Waals surface area contributed by atoms with E-state index < -0.39 is 0 Å². The zero-order chi connectivity index (χ0) is 40.4. The van der Waals surface area contributed by atoms with Crippen LogP contribution in [0.15, 0.2) is 152 Å². The van der Waals surface area contributed by atoms with Gasteiger partial charge >= 0.3 is 0 Å². The maximum absolute atomic E-state index is 7.15. The van der Waals surface area contributed by atoms with Crippen LogP contribution in [0.4, 0.5) is 17.1 Å². The van der Waals surface area contributed by atoms with Gasteiger partial charge in [0.25, 0.3) is 6.71 Å². The Balaban J connectivity index is 1.22. The van der Waals surface area contributed by atoms with E-state index in [1.54, 1.807) is 0 Å². The molecule has 1 aromatic heterocycles. The van der Waals surface area contributed by atoms with Crippen LogP contribution in [0.3, 0.4) is 0 Å². The highest BCUT2D eigenvalue weighted by molar-refractivity contribution is 7.33. The van der Waals surface area contributed by atoms with Crippen molar-refractivity contribution in [1.29, 1.82) is 0 Å². The quantitative estimate of drug-likeness (QED) is 0.131. The highest BCUT2D eigenvalue weighted by atomic mass is 32.1. The van der Waals surface area contributed by atoms with Crippen molar-refractivity contribution in [1.82, 2.24) is 0 Å². The van der Waals surface area contributed by atoms with Crippen LogP contribution in [-0.2, 0) is 10.8 Å². The van der Waals surface area contributed by atoms with Crippen LogP contribution in [-0.4, -0.2) is 6.71 Å². The summed E-state index contributed by atoms with van der Waals surface area (Å²) < 4.78 is 9.71. The zero-order valence-electron chi connectivity index (χ0n) is 34.8. The lowest BCUT2D eigenvalue weighted by molar-refractivity contribution is 0.494. The third-order valence-corrected chi connectivity index (χ3v) is 13.9. The molecule has 2 aliphatic rings. The summed E-state index contributed by atoms with van der Waals surface area (Å²) in [6.07, 6.45) is 0. The predicted octanol–water partition coefficient (Wildman–Crippen LogP) is 13.9. The van der Waals surface area contributed by atoms with E-state index in [9.17, 15) is 0 Å². The van der Waals surface area contributed by atoms with E-state index in [1.807, 2.05) is 11.3 Å². The van der Waals surface area contributed by atoms with Crippen LogP contribution >= 0.6 is 11.3 Å². The molecule has 0 N–H and O–H groups in total. The van der Waals surface area contributed by atoms with Gasteiger partial charge in [0.2, 0.25) is 0 Å². The SMILES string of the molecule is Cc1cc2c3c(c1)N(c1ccc4c(-c5ccccc5)c5ccccc5c(-c5ccccc5)c4c1)c1cc(C(C)(C)C)ccc1B3c1sc3ccc(C(C)(C)C)cc3c1O2. The van der Waals surface area contributed by atoms with Crippen molar-refractivity contribution in [3.05, 3.63) is 168 Å². The molecule has 0 aliphatic carbocycles. The van der Waals surface area contributed by atoms with E-state index in [0.717, 1.165) is 17.2 Å². The van der Waals surface area contributed by atoms with Crippen LogP contribution < -0.4 is 25.3 Å². The molecule has 4 heteroatoms. The van der Waals surface area contributed by atoms with Gasteiger partial charge in [-0.2, -0.15) is 0 Å². The molecule has 2 nitrogen and oxygen atoms in total. The van der Waals surface area contributed by atoms with Crippen molar-refractivity contribution in [2.24, 2.45) is 0 Å². The Morgan fingerprint density at radius 2 is 1.12 bits per heavy atom. The summed E-state index contributed by atoms with van der Waals surface area (Å²) in [6.45, 7) is 16.1. The first-order valence-electron chi connectivity index (χ1n) is 20.9. The average molecular weight is 780 g/mol. The largest absolute Gasteiger partial charge is 0.457 e. The number of hydrogen-bond donors (Lipinski definition) is 0. The zero-order valence-corrected chi connectivity index (χ0v) is 35.6. The molecular formula is C55H46BNOS. The van der Waals surface area contributed by atoms with Gasteiger partial charge in [-0.1, -0.05) is 151 Å². The van der Waals surface area contributed by atoms with Gasteiger partial charge in [-0.25, -0.2) is 0 Å². The number of rotatable bonds is 3. The lowest BCUT2D eigenvalue weighted by Gasteiger charge is -2.40. The molecule has 0 amide bonds. The average Bonchev–Trinajstić information content (AvgIpc) is 3.59. The Bertz CT molecular complexity index is 3170. The maximum Gasteiger partial charge on any atom is 0.268 e. The van der Waals surface area contributed by atoms with Gasteiger partial charge in [0, 0.05) is 31.9 Å². The van der Waals surface area contributed by atoms with Crippen molar-refractivity contribution < 1.29 is 4.74 Å². The van der Waals surface area contributed by atoms with E-state index in [0.29, 0.717) is 0 Å². The second-order valence-corrected chi connectivity index (χ2v) is 19.7. The Kier molecular flexibility index (Phi) is 7.91. The Morgan fingerprint density at radius 3 is 1.78 bits per heavy atom. The fourth-order valence-corrected chi connectivity index (χ4v) is 10.9. The van der Waals surface area contributed by atoms with Gasteiger partial charge in [-0.15, -0.1) is 11.3 Å². The van der Waals surface area contributed by atoms with Gasteiger partial charge in [-0.05, 0) is 132 Å². The molecule has 0 saturated carbocycles. The smallest absolute Gasteiger partial charge is 0.268 e. The number of thiophene rings is 1. The summed E-state index contributed by atoms with van der Waals surface area (Å²) in [5, 5.41) is 6.21. The Hall–Kier alpha value is -6.10. The summed E-state index contributed by atoms with van der Waals surface area (Å²) in [5.41, 5.74) is 14.9. The minimum absolute atomic E-state index is 0.0338. The molecular weight excluding hydrogens is 733 g/mol. The van der Waals surface area contributed by atoms with Crippen molar-refractivity contribution in [3.63, 3.8) is 0 Å². The number of ether oxygens (including phenoxy) is 1. The lowest BCUT2D eigenvalue weighted by Crippen LogP contribution is -2.58. The molecule has 11 rings (SSSR count). The van der Waals surface area contributed by atoms with Crippen molar-refractivity contribution >= 4 is 82.4 Å². The van der Waals surface area contributed by atoms with Crippen molar-refractivity contribution in [2.75, 3.05) is 4.90 Å². The molecule has 59 heavy (non-hydrogen) atoms. The molecule has 0 spiro atoms. The standard InChI is InChI=1S/C55H46BNOS/c1-33-28-46-51-47(29-33)58-52-43-30-36(54(2,3)4)23-27-48(43)59-53(52)56(51)44-26-22-37(55(5,6)7)31-45(44)57(46)38-24-25-41-42(32-38)50(35-18-12-9-13-19-35)40-21-15-14-20-39(40)49(41)34-16-10-8-11-17-34/h8-32H,1-7H3. The first-order chi connectivity index (χ1) is 28.4. The van der Waals surface area contributed by atoms with E-state index in [-0.39, 0.29) is 17.5 Å². The molecule has 0 bridgehead atoms. The van der Waals surface area contributed by atoms with Gasteiger partial charge < -0.3 is 9.64 Å². The van der Waals surface area contributed by atoms with Crippen LogP contribution in [0.2, 0.25) is 0 Å². The predicted molar refractivity (Wildman–Crippen MR) is 256 cm³/mol. The monoisotopic (exact) mass is 779 g/mol. The molecule has 0 radical (unpaired) electrons. The molecule has 9 aromatic rings. The van der Waals surface area contributed by atoms with Crippen molar-refractivity contribution in [3.8, 4) is 33.8 Å². The summed E-state index contributed by atoms with van der Waals surface area (Å²) in [4.78, 5) is 2.54. The Morgan fingerprint density at radius 1 is 0.525 bits per heavy atom. The minimum atomic E-state index is -0.0338. The first-order valence-corrected chi connectivity index (χ1v) is 21.7. The molecule has 0 saturated heterocycles. The summed E-state index contributed by atoms with van der Waals surface area (Å²) >= 11 is 1.89. The number of fused-ring (bicyclic) bond motifs is 8. The molecule has 0 atom stereocenters. The number of aryl methyl sites for hydroxylation is 1. The fourth-order valence-electron chi connectivity index (χ4n) is 9.69. The van der Waals surface area contributed by atoms with Gasteiger partial charge in [0.05, 0.1) is 0 Å². The van der Waals surface area contributed by atoms with E-state index in [1.165, 1.54) is 97.7 Å². The second-order valence-electron chi connectivity index (χ2n) is 18.6. The number of nitrogens with zero attached hydrogens (tertiary/aromatic N) is 1. The van der Waals surface area contributed by atoms with Gasteiger partial charge in [0.1, 0.15) is 11.5 Å². The van der Waals surface area contributed by atoms with Crippen LogP contribution in [0, 0.1) is 6.92 Å². The molecule has 286 valence electrons. The summed E-state index contributed by atoms with van der Waals surface area (Å²) in [5.74, 6) is 1.97. The molecule has 8 aromatic carbocycles. The second kappa shape index (κ2) is 13.0. The van der Waals surface area contributed by atoms with Crippen molar-refractivity contribution in [2.45, 2.75) is 59.3 Å². The van der Waals surface area contributed by atoms with Crippen LogP contribution in [0.25, 0.3) is 53.9 Å². The summed E-state index contributed by atoms with van der Waals surface area (Å²) in [7, 11) is 0. The number of anilines is 3.